The van der Waals surface area contributed by atoms with Gasteiger partial charge in [-0.1, -0.05) is 0 Å². The van der Waals surface area contributed by atoms with Crippen molar-refractivity contribution < 1.29 is 9.90 Å². The Bertz CT molecular complexity index is 198. The van der Waals surface area contributed by atoms with Crippen LogP contribution in [0.15, 0.2) is 0 Å². The molecule has 1 aliphatic heterocycles. The molecule has 1 atom stereocenters. The molecule has 2 fully saturated rings. The Morgan fingerprint density at radius 1 is 1.31 bits per heavy atom. The van der Waals surface area contributed by atoms with Crippen molar-refractivity contribution in [1.29, 1.82) is 0 Å². The maximum absolute atomic E-state index is 11.0. The molecule has 0 aromatic heterocycles. The average molecular weight is 184 g/mol. The van der Waals surface area contributed by atoms with Gasteiger partial charge in [-0.3, -0.25) is 0 Å². The standard InChI is InChI=1S/C9H16N2O2/c12-9(13)11(7-3-4-7)8-2-1-5-10-6-8/h7-8,10H,1-6H2,(H,12,13). The van der Waals surface area contributed by atoms with Crippen LogP contribution in [0.25, 0.3) is 0 Å². The van der Waals surface area contributed by atoms with Gasteiger partial charge in [0.05, 0.1) is 0 Å². The summed E-state index contributed by atoms with van der Waals surface area (Å²) in [6.45, 7) is 1.87. The maximum atomic E-state index is 11.0. The summed E-state index contributed by atoms with van der Waals surface area (Å²) >= 11 is 0. The number of hydrogen-bond acceptors (Lipinski definition) is 2. The molecule has 0 radical (unpaired) electrons. The third-order valence-corrected chi connectivity index (χ3v) is 2.83. The van der Waals surface area contributed by atoms with Crippen LogP contribution >= 0.6 is 0 Å². The molecule has 0 spiro atoms. The Balaban J connectivity index is 1.96. The van der Waals surface area contributed by atoms with Crippen LogP contribution in [-0.2, 0) is 0 Å². The molecule has 0 aromatic carbocycles. The van der Waals surface area contributed by atoms with Crippen LogP contribution < -0.4 is 5.32 Å². The van der Waals surface area contributed by atoms with E-state index in [2.05, 4.69) is 5.32 Å². The van der Waals surface area contributed by atoms with Gasteiger partial charge in [-0.2, -0.15) is 0 Å². The Labute approximate surface area is 77.9 Å². The van der Waals surface area contributed by atoms with Gasteiger partial charge >= 0.3 is 6.09 Å². The second kappa shape index (κ2) is 3.54. The molecule has 4 nitrogen and oxygen atoms in total. The zero-order chi connectivity index (χ0) is 9.26. The summed E-state index contributed by atoms with van der Waals surface area (Å²) in [6.07, 6.45) is 3.50. The molecule has 1 saturated heterocycles. The van der Waals surface area contributed by atoms with Crippen molar-refractivity contribution in [2.24, 2.45) is 0 Å². The van der Waals surface area contributed by atoms with Crippen LogP contribution in [0.2, 0.25) is 0 Å². The minimum Gasteiger partial charge on any atom is -0.465 e. The molecule has 2 N–H and O–H groups in total. The molecule has 74 valence electrons. The lowest BCUT2D eigenvalue weighted by Gasteiger charge is -2.32. The lowest BCUT2D eigenvalue weighted by atomic mass is 10.1. The Kier molecular flexibility index (Phi) is 2.40. The average Bonchev–Trinajstić information content (AvgIpc) is 2.90. The number of piperidine rings is 1. The van der Waals surface area contributed by atoms with Crippen molar-refractivity contribution in [3.63, 3.8) is 0 Å². The van der Waals surface area contributed by atoms with Gasteiger partial charge in [0.1, 0.15) is 0 Å². The molecule has 0 bridgehead atoms. The molecule has 1 aliphatic carbocycles. The summed E-state index contributed by atoms with van der Waals surface area (Å²) in [5, 5.41) is 12.3. The molecule has 2 rings (SSSR count). The predicted octanol–water partition coefficient (Wildman–Crippen LogP) is 0.881. The Morgan fingerprint density at radius 3 is 2.54 bits per heavy atom. The molecule has 1 amide bonds. The van der Waals surface area contributed by atoms with Crippen molar-refractivity contribution in [2.75, 3.05) is 13.1 Å². The summed E-state index contributed by atoms with van der Waals surface area (Å²) < 4.78 is 0. The van der Waals surface area contributed by atoms with Crippen LogP contribution in [0.1, 0.15) is 25.7 Å². The van der Waals surface area contributed by atoms with Gasteiger partial charge in [-0.15, -0.1) is 0 Å². The fraction of sp³-hybridized carbons (Fsp3) is 0.889. The smallest absolute Gasteiger partial charge is 0.407 e. The zero-order valence-corrected chi connectivity index (χ0v) is 7.70. The van der Waals surface area contributed by atoms with Crippen molar-refractivity contribution in [3.05, 3.63) is 0 Å². The number of nitrogens with one attached hydrogen (secondary N) is 1. The molecule has 1 heterocycles. The second-order valence-corrected chi connectivity index (χ2v) is 3.92. The Morgan fingerprint density at radius 2 is 2.08 bits per heavy atom. The second-order valence-electron chi connectivity index (χ2n) is 3.92. The minimum atomic E-state index is -0.740. The number of carbonyl (C=O) groups is 1. The van der Waals surface area contributed by atoms with Crippen molar-refractivity contribution >= 4 is 6.09 Å². The number of hydrogen-bond donors (Lipinski definition) is 2. The first kappa shape index (κ1) is 8.81. The molecular weight excluding hydrogens is 168 g/mol. The molecular formula is C9H16N2O2. The first-order chi connectivity index (χ1) is 6.29. The van der Waals surface area contributed by atoms with E-state index in [0.717, 1.165) is 38.8 Å². The van der Waals surface area contributed by atoms with Crippen LogP contribution in [-0.4, -0.2) is 41.3 Å². The lowest BCUT2D eigenvalue weighted by molar-refractivity contribution is 0.111. The summed E-state index contributed by atoms with van der Waals surface area (Å²) in [5.41, 5.74) is 0. The van der Waals surface area contributed by atoms with Gasteiger partial charge in [-0.05, 0) is 32.2 Å². The third kappa shape index (κ3) is 1.94. The van der Waals surface area contributed by atoms with Gasteiger partial charge in [-0.25, -0.2) is 4.79 Å². The van der Waals surface area contributed by atoms with E-state index < -0.39 is 6.09 Å². The van der Waals surface area contributed by atoms with Gasteiger partial charge in [0, 0.05) is 18.6 Å². The third-order valence-electron chi connectivity index (χ3n) is 2.83. The van der Waals surface area contributed by atoms with Crippen molar-refractivity contribution in [1.82, 2.24) is 10.2 Å². The molecule has 0 aromatic rings. The fourth-order valence-corrected chi connectivity index (χ4v) is 2.03. The summed E-state index contributed by atoms with van der Waals surface area (Å²) in [6, 6.07) is 0.543. The van der Waals surface area contributed by atoms with Crippen LogP contribution in [0, 0.1) is 0 Å². The Hall–Kier alpha value is -0.770. The molecule has 2 aliphatic rings. The lowest BCUT2D eigenvalue weighted by Crippen LogP contribution is -2.49. The van der Waals surface area contributed by atoms with Crippen LogP contribution in [0.5, 0.6) is 0 Å². The first-order valence-electron chi connectivity index (χ1n) is 5.01. The largest absolute Gasteiger partial charge is 0.465 e. The van der Waals surface area contributed by atoms with Gasteiger partial charge in [0.25, 0.3) is 0 Å². The van der Waals surface area contributed by atoms with Crippen LogP contribution in [0.4, 0.5) is 4.79 Å². The summed E-state index contributed by atoms with van der Waals surface area (Å²) in [4.78, 5) is 12.6. The van der Waals surface area contributed by atoms with E-state index in [1.54, 1.807) is 4.90 Å². The van der Waals surface area contributed by atoms with E-state index in [0.29, 0.717) is 6.04 Å². The summed E-state index contributed by atoms with van der Waals surface area (Å²) in [5.74, 6) is 0. The van der Waals surface area contributed by atoms with E-state index >= 15 is 0 Å². The van der Waals surface area contributed by atoms with E-state index in [1.165, 1.54) is 0 Å². The fourth-order valence-electron chi connectivity index (χ4n) is 2.03. The molecule has 4 heteroatoms. The highest BCUT2D eigenvalue weighted by molar-refractivity contribution is 5.66. The van der Waals surface area contributed by atoms with Crippen molar-refractivity contribution in [2.45, 2.75) is 37.8 Å². The number of rotatable bonds is 2. The minimum absolute atomic E-state index is 0.221. The molecule has 1 unspecified atom stereocenters. The zero-order valence-electron chi connectivity index (χ0n) is 7.70. The number of amides is 1. The normalized spacial score (nSPS) is 28.5. The predicted molar refractivity (Wildman–Crippen MR) is 48.8 cm³/mol. The van der Waals surface area contributed by atoms with E-state index in [9.17, 15) is 4.79 Å². The molecule has 13 heavy (non-hydrogen) atoms. The van der Waals surface area contributed by atoms with Gasteiger partial charge in [0.2, 0.25) is 0 Å². The topological polar surface area (TPSA) is 52.6 Å². The highest BCUT2D eigenvalue weighted by Crippen LogP contribution is 2.30. The first-order valence-corrected chi connectivity index (χ1v) is 5.01. The monoisotopic (exact) mass is 184 g/mol. The van der Waals surface area contributed by atoms with Crippen molar-refractivity contribution in [3.8, 4) is 0 Å². The quantitative estimate of drug-likeness (QED) is 0.670. The molecule has 1 saturated carbocycles. The highest BCUT2D eigenvalue weighted by atomic mass is 16.4. The maximum Gasteiger partial charge on any atom is 0.407 e. The SMILES string of the molecule is O=C(O)N(C1CC1)C1CCCNC1. The van der Waals surface area contributed by atoms with E-state index in [-0.39, 0.29) is 6.04 Å². The van der Waals surface area contributed by atoms with Crippen LogP contribution in [0.3, 0.4) is 0 Å². The van der Waals surface area contributed by atoms with E-state index in [1.807, 2.05) is 0 Å². The van der Waals surface area contributed by atoms with E-state index in [4.69, 9.17) is 5.11 Å². The highest BCUT2D eigenvalue weighted by Gasteiger charge is 2.37. The number of carboxylic acid groups (broad SMARTS) is 1. The number of nitrogens with zero attached hydrogens (tertiary/aromatic N) is 1. The van der Waals surface area contributed by atoms with Gasteiger partial charge < -0.3 is 15.3 Å². The summed E-state index contributed by atoms with van der Waals surface area (Å²) in [7, 11) is 0. The van der Waals surface area contributed by atoms with Gasteiger partial charge in [0.15, 0.2) is 0 Å².